The van der Waals surface area contributed by atoms with Gasteiger partial charge in [-0.25, -0.2) is 0 Å². The Morgan fingerprint density at radius 2 is 2.14 bits per heavy atom. The Hall–Kier alpha value is -1.66. The maximum Gasteiger partial charge on any atom is 0.259 e. The van der Waals surface area contributed by atoms with Crippen LogP contribution in [0.1, 0.15) is 30.1 Å². The van der Waals surface area contributed by atoms with E-state index in [1.807, 2.05) is 6.92 Å². The van der Waals surface area contributed by atoms with E-state index < -0.39 is 0 Å². The molecule has 116 valence electrons. The minimum Gasteiger partial charge on any atom is -0.379 e. The summed E-state index contributed by atoms with van der Waals surface area (Å²) in [6, 6.07) is 1.37. The summed E-state index contributed by atoms with van der Waals surface area (Å²) in [5, 5.41) is 0. The number of rotatable bonds is 6. The number of piperidine rings is 1. The number of hydrogen-bond donors (Lipinski definition) is 1. The maximum atomic E-state index is 12.3. The van der Waals surface area contributed by atoms with Crippen LogP contribution in [0.25, 0.3) is 0 Å². The quantitative estimate of drug-likeness (QED) is 0.796. The van der Waals surface area contributed by atoms with E-state index in [-0.39, 0.29) is 23.0 Å². The van der Waals surface area contributed by atoms with Gasteiger partial charge in [0, 0.05) is 38.2 Å². The topological polar surface area (TPSA) is 71.6 Å². The summed E-state index contributed by atoms with van der Waals surface area (Å²) in [6.45, 7) is 5.08. The van der Waals surface area contributed by atoms with Crippen molar-refractivity contribution in [2.24, 2.45) is 0 Å². The number of pyridine rings is 1. The highest BCUT2D eigenvalue weighted by atomic mass is 16.5. The molecule has 1 aromatic rings. The second-order valence-corrected chi connectivity index (χ2v) is 4.98. The van der Waals surface area contributed by atoms with Gasteiger partial charge in [0.2, 0.25) is 0 Å². The van der Waals surface area contributed by atoms with Crippen LogP contribution in [-0.2, 0) is 9.47 Å². The van der Waals surface area contributed by atoms with Crippen LogP contribution in [-0.4, -0.2) is 54.8 Å². The highest BCUT2D eigenvalue weighted by Crippen LogP contribution is 2.15. The molecule has 0 aliphatic carbocycles. The predicted octanol–water partition coefficient (Wildman–Crippen LogP) is 1.03. The molecule has 0 atom stereocenters. The maximum absolute atomic E-state index is 12.3. The van der Waals surface area contributed by atoms with Gasteiger partial charge in [-0.05, 0) is 19.8 Å². The fourth-order valence-electron chi connectivity index (χ4n) is 2.40. The molecule has 2 heterocycles. The fraction of sp³-hybridized carbons (Fsp3) is 0.600. The van der Waals surface area contributed by atoms with Crippen molar-refractivity contribution in [3.05, 3.63) is 34.2 Å². The normalized spacial score (nSPS) is 16.1. The first-order valence-corrected chi connectivity index (χ1v) is 7.38. The number of aromatic amines is 1. The molecule has 1 aliphatic heterocycles. The number of likely N-dealkylation sites (tertiary alicyclic amines) is 1. The second-order valence-electron chi connectivity index (χ2n) is 4.98. The average molecular weight is 294 g/mol. The Morgan fingerprint density at radius 3 is 2.81 bits per heavy atom. The first-order valence-electron chi connectivity index (χ1n) is 7.38. The SMILES string of the molecule is CCOCCOC1CCN(C(=O)c2c[nH]ccc2=O)CC1. The van der Waals surface area contributed by atoms with Gasteiger partial charge in [0.15, 0.2) is 5.43 Å². The summed E-state index contributed by atoms with van der Waals surface area (Å²) >= 11 is 0. The Balaban J connectivity index is 1.80. The highest BCUT2D eigenvalue weighted by Gasteiger charge is 2.25. The minimum atomic E-state index is -0.242. The largest absolute Gasteiger partial charge is 0.379 e. The zero-order chi connectivity index (χ0) is 15.1. The van der Waals surface area contributed by atoms with Crippen LogP contribution in [0.3, 0.4) is 0 Å². The van der Waals surface area contributed by atoms with Gasteiger partial charge >= 0.3 is 0 Å². The number of carbonyl (C=O) groups is 1. The fourth-order valence-corrected chi connectivity index (χ4v) is 2.40. The average Bonchev–Trinajstić information content (AvgIpc) is 2.52. The molecule has 6 heteroatoms. The van der Waals surface area contributed by atoms with Gasteiger partial charge in [0.1, 0.15) is 5.56 Å². The third-order valence-corrected chi connectivity index (χ3v) is 3.57. The molecule has 1 saturated heterocycles. The molecule has 0 spiro atoms. The van der Waals surface area contributed by atoms with Gasteiger partial charge in [-0.1, -0.05) is 0 Å². The Bertz CT molecular complexity index is 506. The van der Waals surface area contributed by atoms with Crippen LogP contribution in [0, 0.1) is 0 Å². The minimum absolute atomic E-state index is 0.170. The lowest BCUT2D eigenvalue weighted by atomic mass is 10.1. The predicted molar refractivity (Wildman–Crippen MR) is 78.4 cm³/mol. The standard InChI is InChI=1S/C15H22N2O4/c1-2-20-9-10-21-12-4-7-17(8-5-12)15(19)13-11-16-6-3-14(13)18/h3,6,11-12H,2,4-5,7-10H2,1H3,(H,16,18). The third-order valence-electron chi connectivity index (χ3n) is 3.57. The van der Waals surface area contributed by atoms with E-state index in [9.17, 15) is 9.59 Å². The lowest BCUT2D eigenvalue weighted by Gasteiger charge is -2.31. The van der Waals surface area contributed by atoms with E-state index in [1.54, 1.807) is 4.90 Å². The number of carbonyl (C=O) groups excluding carboxylic acids is 1. The number of hydrogen-bond acceptors (Lipinski definition) is 4. The molecular formula is C15H22N2O4. The zero-order valence-corrected chi connectivity index (χ0v) is 12.3. The van der Waals surface area contributed by atoms with E-state index in [0.717, 1.165) is 12.8 Å². The van der Waals surface area contributed by atoms with E-state index in [1.165, 1.54) is 18.5 Å². The van der Waals surface area contributed by atoms with Crippen molar-refractivity contribution in [1.29, 1.82) is 0 Å². The summed E-state index contributed by atoms with van der Waals surface area (Å²) in [5.74, 6) is -0.204. The molecule has 1 amide bonds. The Morgan fingerprint density at radius 1 is 1.38 bits per heavy atom. The van der Waals surface area contributed by atoms with E-state index in [2.05, 4.69) is 4.98 Å². The Kier molecular flexibility index (Phi) is 5.95. The lowest BCUT2D eigenvalue weighted by Crippen LogP contribution is -2.42. The summed E-state index contributed by atoms with van der Waals surface area (Å²) in [7, 11) is 0. The lowest BCUT2D eigenvalue weighted by molar-refractivity contribution is -0.0183. The molecule has 1 aromatic heterocycles. The van der Waals surface area contributed by atoms with Crippen LogP contribution >= 0.6 is 0 Å². The van der Waals surface area contributed by atoms with Crippen molar-refractivity contribution < 1.29 is 14.3 Å². The summed E-state index contributed by atoms with van der Waals surface area (Å²) in [5.41, 5.74) is -0.0398. The first kappa shape index (κ1) is 15.7. The van der Waals surface area contributed by atoms with Gasteiger partial charge in [-0.2, -0.15) is 0 Å². The van der Waals surface area contributed by atoms with Gasteiger partial charge < -0.3 is 19.4 Å². The summed E-state index contributed by atoms with van der Waals surface area (Å²) in [4.78, 5) is 28.4. The van der Waals surface area contributed by atoms with E-state index >= 15 is 0 Å². The molecule has 0 unspecified atom stereocenters. The molecule has 0 aromatic carbocycles. The smallest absolute Gasteiger partial charge is 0.259 e. The van der Waals surface area contributed by atoms with Gasteiger partial charge in [-0.3, -0.25) is 9.59 Å². The molecule has 1 aliphatic rings. The van der Waals surface area contributed by atoms with Gasteiger partial charge in [0.05, 0.1) is 19.3 Å². The molecule has 1 fully saturated rings. The molecule has 0 bridgehead atoms. The van der Waals surface area contributed by atoms with Crippen LogP contribution in [0.2, 0.25) is 0 Å². The van der Waals surface area contributed by atoms with Gasteiger partial charge in [0.25, 0.3) is 5.91 Å². The molecule has 2 rings (SSSR count). The van der Waals surface area contributed by atoms with Crippen molar-refractivity contribution in [2.45, 2.75) is 25.9 Å². The first-order chi connectivity index (χ1) is 10.2. The second kappa shape index (κ2) is 7.95. The number of nitrogens with one attached hydrogen (secondary N) is 1. The number of aromatic nitrogens is 1. The monoisotopic (exact) mass is 294 g/mol. The van der Waals surface area contributed by atoms with Crippen molar-refractivity contribution in [2.75, 3.05) is 32.9 Å². The summed E-state index contributed by atoms with van der Waals surface area (Å²) in [6.07, 6.45) is 4.75. The number of amides is 1. The molecule has 0 radical (unpaired) electrons. The molecular weight excluding hydrogens is 272 g/mol. The third kappa shape index (κ3) is 4.41. The van der Waals surface area contributed by atoms with Gasteiger partial charge in [-0.15, -0.1) is 0 Å². The molecule has 6 nitrogen and oxygen atoms in total. The van der Waals surface area contributed by atoms with Crippen LogP contribution in [0.5, 0.6) is 0 Å². The van der Waals surface area contributed by atoms with Crippen molar-refractivity contribution in [1.82, 2.24) is 9.88 Å². The van der Waals surface area contributed by atoms with E-state index in [0.29, 0.717) is 32.9 Å². The molecule has 1 N–H and O–H groups in total. The summed E-state index contributed by atoms with van der Waals surface area (Å²) < 4.78 is 10.9. The number of H-pyrrole nitrogens is 1. The molecule has 0 saturated carbocycles. The van der Waals surface area contributed by atoms with Crippen molar-refractivity contribution in [3.8, 4) is 0 Å². The van der Waals surface area contributed by atoms with Crippen LogP contribution < -0.4 is 5.43 Å². The van der Waals surface area contributed by atoms with Crippen molar-refractivity contribution in [3.63, 3.8) is 0 Å². The number of nitrogens with zero attached hydrogens (tertiary/aromatic N) is 1. The van der Waals surface area contributed by atoms with Crippen molar-refractivity contribution >= 4 is 5.91 Å². The highest BCUT2D eigenvalue weighted by molar-refractivity contribution is 5.93. The number of ether oxygens (including phenoxy) is 2. The Labute approximate surface area is 124 Å². The van der Waals surface area contributed by atoms with E-state index in [4.69, 9.17) is 9.47 Å². The zero-order valence-electron chi connectivity index (χ0n) is 12.3. The molecule has 21 heavy (non-hydrogen) atoms. The van der Waals surface area contributed by atoms with Crippen LogP contribution in [0.15, 0.2) is 23.3 Å². The van der Waals surface area contributed by atoms with Crippen LogP contribution in [0.4, 0.5) is 0 Å².